The zero-order valence-corrected chi connectivity index (χ0v) is 19.7. The molecule has 0 heterocycles. The molecule has 0 amide bonds. The van der Waals surface area contributed by atoms with Gasteiger partial charge in [0.25, 0.3) is 0 Å². The van der Waals surface area contributed by atoms with Gasteiger partial charge in [0.2, 0.25) is 0 Å². The van der Waals surface area contributed by atoms with Crippen molar-refractivity contribution in [2.75, 3.05) is 0 Å². The molecule has 4 bridgehead atoms. The van der Waals surface area contributed by atoms with E-state index in [-0.39, 0.29) is 44.3 Å². The maximum absolute atomic E-state index is 13.5. The molecule has 5 nitrogen and oxygen atoms in total. The number of ether oxygens (including phenoxy) is 1. The topological polar surface area (TPSA) is 77.5 Å². The Morgan fingerprint density at radius 1 is 0.882 bits per heavy atom. The summed E-state index contributed by atoms with van der Waals surface area (Å²) in [7, 11) is 0. The standard InChI is InChI=1S/C28H25ClO5/c1-14(26(32)28-11-15-8-16(12-28)10-17(9-15)13-28)34-27(33)21-7-6-20-22(23(21)29)25(31)19-5-3-2-4-18(19)24(20)30/h2-7,14-17H,8-13H2,1H3. The first-order valence-electron chi connectivity index (χ1n) is 12.0. The average Bonchev–Trinajstić information content (AvgIpc) is 2.81. The summed E-state index contributed by atoms with van der Waals surface area (Å²) in [5.41, 5.74) is 0.382. The first-order valence-corrected chi connectivity index (χ1v) is 12.4. The summed E-state index contributed by atoms with van der Waals surface area (Å²) in [4.78, 5) is 52.6. The van der Waals surface area contributed by atoms with Gasteiger partial charge in [-0.25, -0.2) is 4.79 Å². The fraction of sp³-hybridized carbons (Fsp3) is 0.429. The number of fused-ring (bicyclic) bond motifs is 2. The molecule has 2 aromatic rings. The number of rotatable bonds is 4. The Bertz CT molecular complexity index is 1240. The van der Waals surface area contributed by atoms with Crippen LogP contribution >= 0.6 is 11.6 Å². The van der Waals surface area contributed by atoms with Crippen LogP contribution in [0.4, 0.5) is 0 Å². The van der Waals surface area contributed by atoms with Gasteiger partial charge >= 0.3 is 5.97 Å². The summed E-state index contributed by atoms with van der Waals surface area (Å²) in [6.07, 6.45) is 5.47. The molecule has 34 heavy (non-hydrogen) atoms. The van der Waals surface area contributed by atoms with E-state index in [1.54, 1.807) is 31.2 Å². The second-order valence-corrected chi connectivity index (χ2v) is 11.0. The smallest absolute Gasteiger partial charge is 0.340 e. The third kappa shape index (κ3) is 3.13. The van der Waals surface area contributed by atoms with Crippen LogP contribution in [-0.4, -0.2) is 29.4 Å². The van der Waals surface area contributed by atoms with E-state index in [1.807, 2.05) is 0 Å². The summed E-state index contributed by atoms with van der Waals surface area (Å²) >= 11 is 6.51. The Morgan fingerprint density at radius 3 is 2.03 bits per heavy atom. The van der Waals surface area contributed by atoms with E-state index >= 15 is 0 Å². The third-order valence-electron chi connectivity index (χ3n) is 8.46. The van der Waals surface area contributed by atoms with Gasteiger partial charge in [0.1, 0.15) is 0 Å². The lowest BCUT2D eigenvalue weighted by atomic mass is 9.48. The summed E-state index contributed by atoms with van der Waals surface area (Å²) in [6, 6.07) is 9.41. The van der Waals surface area contributed by atoms with Crippen molar-refractivity contribution < 1.29 is 23.9 Å². The molecule has 0 N–H and O–H groups in total. The number of esters is 1. The molecule has 0 aromatic heterocycles. The maximum atomic E-state index is 13.5. The highest BCUT2D eigenvalue weighted by atomic mass is 35.5. The number of Topliss-reactive ketones (excluding diaryl/α,β-unsaturated/α-hetero) is 1. The summed E-state index contributed by atoms with van der Waals surface area (Å²) in [6.45, 7) is 1.63. The highest BCUT2D eigenvalue weighted by Crippen LogP contribution is 2.60. The quantitative estimate of drug-likeness (QED) is 0.468. The molecule has 6 heteroatoms. The lowest BCUT2D eigenvalue weighted by molar-refractivity contribution is -0.152. The molecular formula is C28H25ClO5. The lowest BCUT2D eigenvalue weighted by Gasteiger charge is -2.56. The first-order chi connectivity index (χ1) is 16.3. The zero-order chi connectivity index (χ0) is 23.8. The van der Waals surface area contributed by atoms with Crippen molar-refractivity contribution in [2.24, 2.45) is 23.2 Å². The highest BCUT2D eigenvalue weighted by molar-refractivity contribution is 6.41. The number of ketones is 3. The Balaban J connectivity index is 1.26. The van der Waals surface area contributed by atoms with Crippen LogP contribution in [0, 0.1) is 23.2 Å². The van der Waals surface area contributed by atoms with Crippen LogP contribution in [0.1, 0.15) is 87.6 Å². The lowest BCUT2D eigenvalue weighted by Crippen LogP contribution is -2.52. The van der Waals surface area contributed by atoms with Crippen LogP contribution in [0.15, 0.2) is 36.4 Å². The van der Waals surface area contributed by atoms with Gasteiger partial charge < -0.3 is 4.74 Å². The Kier molecular flexibility index (Phi) is 4.86. The van der Waals surface area contributed by atoms with Gasteiger partial charge in [-0.3, -0.25) is 14.4 Å². The van der Waals surface area contributed by atoms with Crippen molar-refractivity contribution in [1.29, 1.82) is 0 Å². The molecule has 1 atom stereocenters. The second-order valence-electron chi connectivity index (χ2n) is 10.7. The van der Waals surface area contributed by atoms with E-state index < -0.39 is 17.9 Å². The second kappa shape index (κ2) is 7.61. The van der Waals surface area contributed by atoms with Crippen molar-refractivity contribution in [2.45, 2.75) is 51.6 Å². The maximum Gasteiger partial charge on any atom is 0.340 e. The normalized spacial score (nSPS) is 29.4. The van der Waals surface area contributed by atoms with E-state index in [1.165, 1.54) is 31.4 Å². The van der Waals surface area contributed by atoms with Crippen LogP contribution in [0.5, 0.6) is 0 Å². The van der Waals surface area contributed by atoms with E-state index in [2.05, 4.69) is 0 Å². The molecule has 0 radical (unpaired) electrons. The molecule has 5 aliphatic rings. The first kappa shape index (κ1) is 21.7. The predicted octanol–water partition coefficient (Wildman–Crippen LogP) is 5.45. The minimum absolute atomic E-state index is 0.00823. The SMILES string of the molecule is CC(OC(=O)c1ccc2c(c1Cl)C(=O)c1ccccc1C2=O)C(=O)C12CC3CC(CC(C3)C1)C2. The number of hydrogen-bond donors (Lipinski definition) is 0. The third-order valence-corrected chi connectivity index (χ3v) is 8.86. The monoisotopic (exact) mass is 476 g/mol. The van der Waals surface area contributed by atoms with Crippen molar-refractivity contribution in [3.8, 4) is 0 Å². The fourth-order valence-corrected chi connectivity index (χ4v) is 7.75. The summed E-state index contributed by atoms with van der Waals surface area (Å²) in [5, 5.41) is -0.107. The molecule has 174 valence electrons. The highest BCUT2D eigenvalue weighted by Gasteiger charge is 2.55. The Hall–Kier alpha value is -2.79. The number of carbonyl (C=O) groups is 4. The molecule has 7 rings (SSSR count). The summed E-state index contributed by atoms with van der Waals surface area (Å²) < 4.78 is 5.62. The van der Waals surface area contributed by atoms with Gasteiger partial charge in [0.15, 0.2) is 23.5 Å². The van der Waals surface area contributed by atoms with E-state index in [0.717, 1.165) is 19.3 Å². The van der Waals surface area contributed by atoms with E-state index in [4.69, 9.17) is 16.3 Å². The van der Waals surface area contributed by atoms with Gasteiger partial charge in [-0.15, -0.1) is 0 Å². The fourth-order valence-electron chi connectivity index (χ4n) is 7.42. The van der Waals surface area contributed by atoms with E-state index in [9.17, 15) is 19.2 Å². The van der Waals surface area contributed by atoms with Gasteiger partial charge in [-0.1, -0.05) is 35.9 Å². The van der Waals surface area contributed by atoms with Gasteiger partial charge in [0.05, 0.1) is 16.1 Å². The van der Waals surface area contributed by atoms with Gasteiger partial charge in [-0.05, 0) is 75.3 Å². The molecule has 5 aliphatic carbocycles. The number of benzene rings is 2. The zero-order valence-electron chi connectivity index (χ0n) is 18.9. The van der Waals surface area contributed by atoms with Crippen molar-refractivity contribution in [3.05, 3.63) is 69.2 Å². The van der Waals surface area contributed by atoms with Crippen molar-refractivity contribution in [3.63, 3.8) is 0 Å². The molecule has 4 fully saturated rings. The van der Waals surface area contributed by atoms with Gasteiger partial charge in [-0.2, -0.15) is 0 Å². The minimum atomic E-state index is -0.895. The van der Waals surface area contributed by atoms with Crippen LogP contribution in [0.2, 0.25) is 5.02 Å². The van der Waals surface area contributed by atoms with Crippen LogP contribution in [0.3, 0.4) is 0 Å². The van der Waals surface area contributed by atoms with Crippen LogP contribution < -0.4 is 0 Å². The molecule has 0 aliphatic heterocycles. The number of carbonyl (C=O) groups excluding carboxylic acids is 4. The number of halogens is 1. The molecule has 4 saturated carbocycles. The van der Waals surface area contributed by atoms with Gasteiger partial charge in [0, 0.05) is 22.1 Å². The molecule has 2 aromatic carbocycles. The predicted molar refractivity (Wildman–Crippen MR) is 125 cm³/mol. The molecule has 0 saturated heterocycles. The largest absolute Gasteiger partial charge is 0.451 e. The van der Waals surface area contributed by atoms with Crippen LogP contribution in [-0.2, 0) is 9.53 Å². The Labute approximate surface area is 202 Å². The average molecular weight is 477 g/mol. The minimum Gasteiger partial charge on any atom is -0.451 e. The number of hydrogen-bond acceptors (Lipinski definition) is 5. The molecular weight excluding hydrogens is 452 g/mol. The molecule has 1 unspecified atom stereocenters. The van der Waals surface area contributed by atoms with Crippen LogP contribution in [0.25, 0.3) is 0 Å². The Morgan fingerprint density at radius 2 is 1.44 bits per heavy atom. The molecule has 0 spiro atoms. The summed E-state index contributed by atoms with van der Waals surface area (Å²) in [5.74, 6) is 0.380. The van der Waals surface area contributed by atoms with Crippen molar-refractivity contribution >= 4 is 34.9 Å². The van der Waals surface area contributed by atoms with Crippen molar-refractivity contribution in [1.82, 2.24) is 0 Å². The van der Waals surface area contributed by atoms with E-state index in [0.29, 0.717) is 23.3 Å².